The van der Waals surface area contributed by atoms with Gasteiger partial charge >= 0.3 is 0 Å². The molecule has 2 aliphatic heterocycles. The number of nitro benzene ring substituents is 1. The number of hydrogen-bond acceptors (Lipinski definition) is 8. The van der Waals surface area contributed by atoms with Gasteiger partial charge in [0.1, 0.15) is 11.4 Å². The Hall–Kier alpha value is -4.90. The predicted molar refractivity (Wildman–Crippen MR) is 213 cm³/mol. The quantitative estimate of drug-likeness (QED) is 0.0861. The molecule has 11 heteroatoms. The van der Waals surface area contributed by atoms with Crippen LogP contribution in [0.2, 0.25) is 0 Å². The van der Waals surface area contributed by atoms with Gasteiger partial charge in [-0.05, 0) is 61.2 Å². The lowest BCUT2D eigenvalue weighted by molar-refractivity contribution is -0.384. The van der Waals surface area contributed by atoms with Gasteiger partial charge in [-0.3, -0.25) is 14.9 Å². The van der Waals surface area contributed by atoms with Gasteiger partial charge in [-0.2, -0.15) is 0 Å². The Balaban J connectivity index is 0.000000537. The number of anilines is 3. The predicted octanol–water partition coefficient (Wildman–Crippen LogP) is 9.71. The number of non-ortho nitro benzene ring substituents is 1. The highest BCUT2D eigenvalue weighted by atomic mass is 19.1. The van der Waals surface area contributed by atoms with Crippen molar-refractivity contribution in [3.8, 4) is 11.5 Å². The van der Waals surface area contributed by atoms with Crippen LogP contribution in [0, 0.1) is 21.8 Å². The second-order valence-corrected chi connectivity index (χ2v) is 13.4. The van der Waals surface area contributed by atoms with Crippen LogP contribution in [0.1, 0.15) is 89.8 Å². The van der Waals surface area contributed by atoms with Crippen molar-refractivity contribution in [2.45, 2.75) is 79.6 Å². The summed E-state index contributed by atoms with van der Waals surface area (Å²) >= 11 is 0. The Kier molecular flexibility index (Phi) is 14.2. The molecule has 6 rings (SSSR count). The fraction of sp³-hybridized carbons (Fsp3) is 0.439. The van der Waals surface area contributed by atoms with Crippen LogP contribution >= 0.6 is 0 Å². The van der Waals surface area contributed by atoms with E-state index in [1.54, 1.807) is 42.1 Å². The zero-order chi connectivity index (χ0) is 37.9. The first-order chi connectivity index (χ1) is 25.0. The number of aromatic nitrogens is 1. The number of rotatable bonds is 12. The summed E-state index contributed by atoms with van der Waals surface area (Å²) in [6, 6.07) is 11.4. The summed E-state index contributed by atoms with van der Waals surface area (Å²) in [5, 5.41) is 17.9. The SMILES string of the molecule is C=C(N)c1cn(C)c2c(Oc3ccc4c(c3)Nc3ccc([N+](=O)[O-])cc3C4)c(NCCN3CCCC3)c(F)cc2c1=O.CC.CCCCC(C)CC. The molecule has 3 aromatic carbocycles. The van der Waals surface area contributed by atoms with Crippen molar-refractivity contribution in [1.82, 2.24) is 9.47 Å². The number of ether oxygens (including phenoxy) is 1. The molecule has 1 saturated heterocycles. The third-order valence-corrected chi connectivity index (χ3v) is 9.64. The van der Waals surface area contributed by atoms with Gasteiger partial charge in [-0.15, -0.1) is 0 Å². The van der Waals surface area contributed by atoms with Gasteiger partial charge in [-0.1, -0.05) is 72.9 Å². The largest absolute Gasteiger partial charge is 0.453 e. The van der Waals surface area contributed by atoms with E-state index in [9.17, 15) is 14.9 Å². The molecule has 4 N–H and O–H groups in total. The standard InChI is InChI=1S/C31H31FN6O4.C8H18.C2H6/c1-18(33)24-17-36(2)29-23(30(24)39)16-25(32)28(34-9-12-37-10-3-4-11-37)31(29)42-22-7-5-19-13-20-14-21(38(40)41)6-8-26(20)35-27(19)15-22;1-4-6-7-8(3)5-2;1-2/h5-8,14-17,34-35H,1,3-4,9-13,33H2,2H3;8H,4-7H2,1-3H3;1-2H3. The highest BCUT2D eigenvalue weighted by Gasteiger charge is 2.23. The molecule has 0 aliphatic carbocycles. The molecule has 0 spiro atoms. The van der Waals surface area contributed by atoms with Gasteiger partial charge in [0.25, 0.3) is 5.69 Å². The molecule has 1 atom stereocenters. The monoisotopic (exact) mass is 714 g/mol. The third kappa shape index (κ3) is 9.50. The van der Waals surface area contributed by atoms with Crippen LogP contribution in [0.3, 0.4) is 0 Å². The number of fused-ring (bicyclic) bond motifs is 3. The first-order valence-corrected chi connectivity index (χ1v) is 18.6. The number of nitrogens with two attached hydrogens (primary N) is 1. The van der Waals surface area contributed by atoms with Crippen LogP contribution in [0.4, 0.5) is 27.1 Å². The van der Waals surface area contributed by atoms with Gasteiger partial charge < -0.3 is 30.6 Å². The zero-order valence-corrected chi connectivity index (χ0v) is 31.6. The highest BCUT2D eigenvalue weighted by molar-refractivity contribution is 5.93. The molecule has 0 radical (unpaired) electrons. The number of hydrogen-bond donors (Lipinski definition) is 3. The van der Waals surface area contributed by atoms with E-state index in [2.05, 4.69) is 42.9 Å². The molecule has 280 valence electrons. The number of nitro groups is 1. The maximum atomic E-state index is 15.7. The normalized spacial score (nSPS) is 13.8. The van der Waals surface area contributed by atoms with Crippen LogP contribution in [0.25, 0.3) is 16.6 Å². The summed E-state index contributed by atoms with van der Waals surface area (Å²) in [6.07, 6.45) is 9.93. The highest BCUT2D eigenvalue weighted by Crippen LogP contribution is 2.41. The lowest BCUT2D eigenvalue weighted by Gasteiger charge is -2.23. The number of nitrogens with zero attached hydrogens (tertiary/aromatic N) is 3. The Morgan fingerprint density at radius 2 is 1.85 bits per heavy atom. The van der Waals surface area contributed by atoms with E-state index in [1.165, 1.54) is 37.8 Å². The summed E-state index contributed by atoms with van der Waals surface area (Å²) in [5.41, 5.74) is 9.63. The summed E-state index contributed by atoms with van der Waals surface area (Å²) in [6.45, 7) is 17.8. The molecule has 1 aromatic heterocycles. The maximum Gasteiger partial charge on any atom is 0.269 e. The van der Waals surface area contributed by atoms with E-state index < -0.39 is 16.2 Å². The van der Waals surface area contributed by atoms with Gasteiger partial charge in [0.05, 0.1) is 21.4 Å². The molecule has 3 heterocycles. The molecule has 2 aliphatic rings. The molecule has 10 nitrogen and oxygen atoms in total. The average Bonchev–Trinajstić information content (AvgIpc) is 3.66. The smallest absolute Gasteiger partial charge is 0.269 e. The summed E-state index contributed by atoms with van der Waals surface area (Å²) < 4.78 is 23.8. The fourth-order valence-electron chi connectivity index (χ4n) is 6.52. The number of nitrogens with one attached hydrogen (secondary N) is 2. The Morgan fingerprint density at radius 3 is 2.50 bits per heavy atom. The van der Waals surface area contributed by atoms with Gasteiger partial charge in [0, 0.05) is 68.0 Å². The van der Waals surface area contributed by atoms with E-state index in [0.717, 1.165) is 60.9 Å². The van der Waals surface area contributed by atoms with E-state index >= 15 is 4.39 Å². The number of halogens is 1. The van der Waals surface area contributed by atoms with E-state index in [0.29, 0.717) is 24.2 Å². The minimum absolute atomic E-state index is 0.0358. The molecular weight excluding hydrogens is 659 g/mol. The van der Waals surface area contributed by atoms with Crippen molar-refractivity contribution in [2.75, 3.05) is 36.8 Å². The van der Waals surface area contributed by atoms with Crippen molar-refractivity contribution in [3.63, 3.8) is 0 Å². The Morgan fingerprint density at radius 1 is 1.12 bits per heavy atom. The van der Waals surface area contributed by atoms with Crippen molar-refractivity contribution in [3.05, 3.63) is 98.1 Å². The molecule has 0 saturated carbocycles. The number of aryl methyl sites for hydroxylation is 1. The van der Waals surface area contributed by atoms with Crippen molar-refractivity contribution in [2.24, 2.45) is 18.7 Å². The second-order valence-electron chi connectivity index (χ2n) is 13.4. The van der Waals surface area contributed by atoms with Crippen LogP contribution in [-0.2, 0) is 13.5 Å². The third-order valence-electron chi connectivity index (χ3n) is 9.64. The first-order valence-electron chi connectivity index (χ1n) is 18.6. The van der Waals surface area contributed by atoms with Gasteiger partial charge in [0.15, 0.2) is 17.0 Å². The summed E-state index contributed by atoms with van der Waals surface area (Å²) in [5.74, 6) is 0.963. The van der Waals surface area contributed by atoms with E-state index in [1.807, 2.05) is 19.9 Å². The maximum absolute atomic E-state index is 15.7. The topological polar surface area (TPSA) is 128 Å². The molecule has 4 aromatic rings. The Bertz CT molecular complexity index is 1940. The molecule has 1 unspecified atom stereocenters. The van der Waals surface area contributed by atoms with Crippen LogP contribution in [0.5, 0.6) is 11.5 Å². The van der Waals surface area contributed by atoms with Crippen LogP contribution in [-0.4, -0.2) is 40.6 Å². The van der Waals surface area contributed by atoms with Crippen molar-refractivity contribution in [1.29, 1.82) is 0 Å². The molecule has 0 amide bonds. The van der Waals surface area contributed by atoms with Gasteiger partial charge in [-0.25, -0.2) is 4.39 Å². The molecule has 52 heavy (non-hydrogen) atoms. The lowest BCUT2D eigenvalue weighted by atomic mass is 9.97. The van der Waals surface area contributed by atoms with E-state index in [-0.39, 0.29) is 33.8 Å². The van der Waals surface area contributed by atoms with Crippen molar-refractivity contribution < 1.29 is 14.1 Å². The van der Waals surface area contributed by atoms with Crippen LogP contribution in [0.15, 0.2) is 60.0 Å². The number of unbranched alkanes of at least 4 members (excludes halogenated alkanes) is 1. The van der Waals surface area contributed by atoms with Crippen LogP contribution < -0.4 is 26.5 Å². The minimum Gasteiger partial charge on any atom is -0.453 e. The lowest BCUT2D eigenvalue weighted by Crippen LogP contribution is -2.26. The Labute approximate surface area is 307 Å². The minimum atomic E-state index is -0.609. The van der Waals surface area contributed by atoms with Gasteiger partial charge in [0.2, 0.25) is 0 Å². The molecular formula is C41H55FN6O4. The first kappa shape index (κ1) is 39.9. The van der Waals surface area contributed by atoms with E-state index in [4.69, 9.17) is 10.5 Å². The molecule has 1 fully saturated rings. The van der Waals surface area contributed by atoms with Crippen molar-refractivity contribution >= 4 is 39.3 Å². The second kappa shape index (κ2) is 18.5. The number of pyridine rings is 1. The zero-order valence-electron chi connectivity index (χ0n) is 31.6. The summed E-state index contributed by atoms with van der Waals surface area (Å²) in [4.78, 5) is 26.4. The number of likely N-dealkylation sites (tertiary alicyclic amines) is 1. The summed E-state index contributed by atoms with van der Waals surface area (Å²) in [7, 11) is 1.75. The fourth-order valence-corrected chi connectivity index (χ4v) is 6.52. The number of benzene rings is 3. The average molecular weight is 715 g/mol. The molecule has 0 bridgehead atoms.